The van der Waals surface area contributed by atoms with Crippen molar-refractivity contribution < 1.29 is 13.9 Å². The molecule has 0 bridgehead atoms. The van der Waals surface area contributed by atoms with Gasteiger partial charge in [-0.2, -0.15) is 0 Å². The van der Waals surface area contributed by atoms with Crippen molar-refractivity contribution in [2.75, 3.05) is 14.1 Å². The van der Waals surface area contributed by atoms with Crippen LogP contribution in [0.5, 0.6) is 5.75 Å². The van der Waals surface area contributed by atoms with Gasteiger partial charge in [0, 0.05) is 31.8 Å². The maximum absolute atomic E-state index is 13.2. The van der Waals surface area contributed by atoms with Gasteiger partial charge in [-0.1, -0.05) is 6.07 Å². The fourth-order valence-corrected chi connectivity index (χ4v) is 1.59. The lowest BCUT2D eigenvalue weighted by molar-refractivity contribution is -0.135. The SMILES string of the molecule is CC(Oc1cc(F)ccc1[C@H](C)N)C(=O)N(C)C. The quantitative estimate of drug-likeness (QED) is 0.889. The number of benzene rings is 1. The molecular weight excluding hydrogens is 235 g/mol. The van der Waals surface area contributed by atoms with Gasteiger partial charge in [-0.15, -0.1) is 0 Å². The van der Waals surface area contributed by atoms with Crippen LogP contribution in [-0.2, 0) is 4.79 Å². The molecule has 1 amide bonds. The summed E-state index contributed by atoms with van der Waals surface area (Å²) in [5.74, 6) is -0.290. The number of rotatable bonds is 4. The number of hydrogen-bond acceptors (Lipinski definition) is 3. The molecule has 0 spiro atoms. The molecule has 2 atom stereocenters. The van der Waals surface area contributed by atoms with Gasteiger partial charge in [0.05, 0.1) is 0 Å². The topological polar surface area (TPSA) is 55.6 Å². The molecule has 0 fully saturated rings. The van der Waals surface area contributed by atoms with Crippen LogP contribution < -0.4 is 10.5 Å². The lowest BCUT2D eigenvalue weighted by atomic mass is 10.1. The van der Waals surface area contributed by atoms with Gasteiger partial charge in [-0.25, -0.2) is 4.39 Å². The molecule has 0 heterocycles. The van der Waals surface area contributed by atoms with Crippen molar-refractivity contribution in [2.45, 2.75) is 26.0 Å². The molecule has 0 aliphatic rings. The highest BCUT2D eigenvalue weighted by atomic mass is 19.1. The van der Waals surface area contributed by atoms with Gasteiger partial charge in [0.1, 0.15) is 11.6 Å². The fourth-order valence-electron chi connectivity index (χ4n) is 1.59. The average Bonchev–Trinajstić information content (AvgIpc) is 2.27. The van der Waals surface area contributed by atoms with Gasteiger partial charge < -0.3 is 15.4 Å². The minimum Gasteiger partial charge on any atom is -0.480 e. The van der Waals surface area contributed by atoms with Gasteiger partial charge in [-0.3, -0.25) is 4.79 Å². The molecule has 4 nitrogen and oxygen atoms in total. The average molecular weight is 254 g/mol. The fraction of sp³-hybridized carbons (Fsp3) is 0.462. The number of ether oxygens (including phenoxy) is 1. The van der Waals surface area contributed by atoms with Gasteiger partial charge in [0.2, 0.25) is 0 Å². The molecule has 2 N–H and O–H groups in total. The Morgan fingerprint density at radius 2 is 2.00 bits per heavy atom. The summed E-state index contributed by atoms with van der Waals surface area (Å²) in [6.45, 7) is 3.40. The van der Waals surface area contributed by atoms with Crippen molar-refractivity contribution >= 4 is 5.91 Å². The molecule has 0 aliphatic carbocycles. The molecular formula is C13H19FN2O2. The van der Waals surface area contributed by atoms with Crippen LogP contribution in [0.15, 0.2) is 18.2 Å². The van der Waals surface area contributed by atoms with Crippen LogP contribution in [0.2, 0.25) is 0 Å². The second-order valence-corrected chi connectivity index (χ2v) is 4.46. The van der Waals surface area contributed by atoms with E-state index in [-0.39, 0.29) is 11.9 Å². The predicted octanol–water partition coefficient (Wildman–Crippen LogP) is 1.70. The molecule has 1 rings (SSSR count). The third kappa shape index (κ3) is 3.43. The summed E-state index contributed by atoms with van der Waals surface area (Å²) in [6.07, 6.45) is -0.681. The van der Waals surface area contributed by atoms with E-state index in [2.05, 4.69) is 0 Å². The molecule has 0 saturated heterocycles. The molecule has 0 aliphatic heterocycles. The zero-order valence-electron chi connectivity index (χ0n) is 11.1. The second kappa shape index (κ2) is 5.82. The lowest BCUT2D eigenvalue weighted by Gasteiger charge is -2.21. The summed E-state index contributed by atoms with van der Waals surface area (Å²) in [5, 5.41) is 0. The van der Waals surface area contributed by atoms with E-state index in [0.29, 0.717) is 11.3 Å². The van der Waals surface area contributed by atoms with E-state index in [1.54, 1.807) is 34.0 Å². The third-order valence-electron chi connectivity index (χ3n) is 2.56. The molecule has 0 saturated carbocycles. The highest BCUT2D eigenvalue weighted by molar-refractivity contribution is 5.80. The minimum atomic E-state index is -0.681. The second-order valence-electron chi connectivity index (χ2n) is 4.46. The van der Waals surface area contributed by atoms with E-state index in [1.165, 1.54) is 17.0 Å². The van der Waals surface area contributed by atoms with E-state index >= 15 is 0 Å². The maximum Gasteiger partial charge on any atom is 0.262 e. The van der Waals surface area contributed by atoms with Crippen molar-refractivity contribution in [2.24, 2.45) is 5.73 Å². The van der Waals surface area contributed by atoms with Gasteiger partial charge >= 0.3 is 0 Å². The van der Waals surface area contributed by atoms with Crippen LogP contribution in [0.1, 0.15) is 25.5 Å². The van der Waals surface area contributed by atoms with Crippen LogP contribution in [0, 0.1) is 5.82 Å². The number of halogens is 1. The Balaban J connectivity index is 2.96. The predicted molar refractivity (Wildman–Crippen MR) is 67.8 cm³/mol. The summed E-state index contributed by atoms with van der Waals surface area (Å²) < 4.78 is 18.7. The Kier molecular flexibility index (Phi) is 4.67. The number of amides is 1. The van der Waals surface area contributed by atoms with Crippen LogP contribution in [-0.4, -0.2) is 31.0 Å². The normalized spacial score (nSPS) is 13.9. The first-order valence-electron chi connectivity index (χ1n) is 5.75. The Morgan fingerprint density at radius 1 is 1.39 bits per heavy atom. The van der Waals surface area contributed by atoms with Gasteiger partial charge in [-0.05, 0) is 19.9 Å². The molecule has 5 heteroatoms. The van der Waals surface area contributed by atoms with Crippen LogP contribution >= 0.6 is 0 Å². The van der Waals surface area contributed by atoms with E-state index < -0.39 is 11.9 Å². The summed E-state index contributed by atoms with van der Waals surface area (Å²) in [5.41, 5.74) is 6.45. The number of likely N-dealkylation sites (N-methyl/N-ethyl adjacent to an activating group) is 1. The molecule has 0 radical (unpaired) electrons. The molecule has 1 unspecified atom stereocenters. The first kappa shape index (κ1) is 14.4. The Hall–Kier alpha value is -1.62. The van der Waals surface area contributed by atoms with Crippen LogP contribution in [0.4, 0.5) is 4.39 Å². The number of carbonyl (C=O) groups excluding carboxylic acids is 1. The lowest BCUT2D eigenvalue weighted by Crippen LogP contribution is -2.35. The van der Waals surface area contributed by atoms with Crippen LogP contribution in [0.25, 0.3) is 0 Å². The van der Waals surface area contributed by atoms with Crippen molar-refractivity contribution in [3.8, 4) is 5.75 Å². The summed E-state index contributed by atoms with van der Waals surface area (Å²) >= 11 is 0. The van der Waals surface area contributed by atoms with Crippen molar-refractivity contribution in [3.05, 3.63) is 29.6 Å². The van der Waals surface area contributed by atoms with E-state index in [4.69, 9.17) is 10.5 Å². The van der Waals surface area contributed by atoms with Crippen LogP contribution in [0.3, 0.4) is 0 Å². The highest BCUT2D eigenvalue weighted by Gasteiger charge is 2.19. The molecule has 1 aromatic carbocycles. The summed E-state index contributed by atoms with van der Waals surface area (Å²) in [4.78, 5) is 13.1. The van der Waals surface area contributed by atoms with Crippen molar-refractivity contribution in [3.63, 3.8) is 0 Å². The maximum atomic E-state index is 13.2. The van der Waals surface area contributed by atoms with Crippen molar-refractivity contribution in [1.29, 1.82) is 0 Å². The monoisotopic (exact) mass is 254 g/mol. The zero-order valence-corrected chi connectivity index (χ0v) is 11.1. The van der Waals surface area contributed by atoms with E-state index in [1.807, 2.05) is 0 Å². The number of nitrogens with zero attached hydrogens (tertiary/aromatic N) is 1. The smallest absolute Gasteiger partial charge is 0.262 e. The molecule has 100 valence electrons. The largest absolute Gasteiger partial charge is 0.480 e. The zero-order chi connectivity index (χ0) is 13.9. The summed E-state index contributed by atoms with van der Waals surface area (Å²) in [6, 6.07) is 3.85. The van der Waals surface area contributed by atoms with Gasteiger partial charge in [0.25, 0.3) is 5.91 Å². The van der Waals surface area contributed by atoms with Crippen molar-refractivity contribution in [1.82, 2.24) is 4.90 Å². The number of carbonyl (C=O) groups is 1. The Morgan fingerprint density at radius 3 is 2.50 bits per heavy atom. The Bertz CT molecular complexity index is 433. The molecule has 0 aromatic heterocycles. The number of nitrogens with two attached hydrogens (primary N) is 1. The molecule has 18 heavy (non-hydrogen) atoms. The number of hydrogen-bond donors (Lipinski definition) is 1. The van der Waals surface area contributed by atoms with Gasteiger partial charge in [0.15, 0.2) is 6.10 Å². The third-order valence-corrected chi connectivity index (χ3v) is 2.56. The van der Waals surface area contributed by atoms with E-state index in [9.17, 15) is 9.18 Å². The first-order valence-corrected chi connectivity index (χ1v) is 5.75. The minimum absolute atomic E-state index is 0.185. The van der Waals surface area contributed by atoms with E-state index in [0.717, 1.165) is 0 Å². The highest BCUT2D eigenvalue weighted by Crippen LogP contribution is 2.26. The molecule has 1 aromatic rings. The first-order chi connectivity index (χ1) is 8.32. The standard InChI is InChI=1S/C13H19FN2O2/c1-8(15)11-6-5-10(14)7-12(11)18-9(2)13(17)16(3)4/h5-9H,15H2,1-4H3/t8-,9?/m0/s1. The Labute approximate surface area is 107 Å². The summed E-state index contributed by atoms with van der Waals surface area (Å²) in [7, 11) is 3.28.